The summed E-state index contributed by atoms with van der Waals surface area (Å²) in [4.78, 5) is 29.9. The van der Waals surface area contributed by atoms with Crippen molar-refractivity contribution in [2.24, 2.45) is 0 Å². The molecule has 5 rings (SSSR count). The molecule has 0 aliphatic carbocycles. The SMILES string of the molecule is O=C1CC(N(C2CCN(Cc3ccccc3)CC2)S(=O)(=O)c2ccc(F)cc2)C(=O)N1c1ccc(Br)cc1. The highest BCUT2D eigenvalue weighted by Crippen LogP contribution is 2.34. The summed E-state index contributed by atoms with van der Waals surface area (Å²) in [7, 11) is -4.20. The van der Waals surface area contributed by atoms with Crippen LogP contribution in [0.2, 0.25) is 0 Å². The zero-order chi connectivity index (χ0) is 26.9. The minimum atomic E-state index is -4.20. The zero-order valence-electron chi connectivity index (χ0n) is 20.5. The average molecular weight is 601 g/mol. The molecule has 0 N–H and O–H groups in total. The van der Waals surface area contributed by atoms with Crippen molar-refractivity contribution in [3.63, 3.8) is 0 Å². The molecular formula is C28H27BrFN3O4S. The van der Waals surface area contributed by atoms with E-state index >= 15 is 0 Å². The molecule has 3 aromatic rings. The predicted molar refractivity (Wildman–Crippen MR) is 145 cm³/mol. The summed E-state index contributed by atoms with van der Waals surface area (Å²) in [5, 5.41) is 0. The second kappa shape index (κ2) is 11.1. The predicted octanol–water partition coefficient (Wildman–Crippen LogP) is 4.58. The van der Waals surface area contributed by atoms with Crippen molar-refractivity contribution in [1.29, 1.82) is 0 Å². The first-order valence-corrected chi connectivity index (χ1v) is 14.6. The van der Waals surface area contributed by atoms with E-state index in [4.69, 9.17) is 0 Å². The minimum Gasteiger partial charge on any atom is -0.299 e. The van der Waals surface area contributed by atoms with E-state index < -0.39 is 39.7 Å². The fourth-order valence-corrected chi connectivity index (χ4v) is 7.29. The maximum atomic E-state index is 13.9. The van der Waals surface area contributed by atoms with Crippen molar-refractivity contribution in [1.82, 2.24) is 9.21 Å². The molecular weight excluding hydrogens is 573 g/mol. The second-order valence-electron chi connectivity index (χ2n) is 9.55. The Bertz CT molecular complexity index is 1410. The lowest BCUT2D eigenvalue weighted by atomic mass is 10.0. The lowest BCUT2D eigenvalue weighted by Gasteiger charge is -2.39. The van der Waals surface area contributed by atoms with Gasteiger partial charge in [0.15, 0.2) is 0 Å². The molecule has 2 aliphatic rings. The molecule has 0 bridgehead atoms. The van der Waals surface area contributed by atoms with Crippen LogP contribution in [0.15, 0.2) is 88.2 Å². The second-order valence-corrected chi connectivity index (χ2v) is 12.3. The highest BCUT2D eigenvalue weighted by Gasteiger charge is 2.49. The van der Waals surface area contributed by atoms with Gasteiger partial charge in [-0.25, -0.2) is 17.7 Å². The van der Waals surface area contributed by atoms with Gasteiger partial charge in [-0.1, -0.05) is 46.3 Å². The lowest BCUT2D eigenvalue weighted by molar-refractivity contribution is -0.122. The molecule has 0 aromatic heterocycles. The van der Waals surface area contributed by atoms with Gasteiger partial charge in [0.2, 0.25) is 15.9 Å². The topological polar surface area (TPSA) is 78.0 Å². The molecule has 3 aromatic carbocycles. The van der Waals surface area contributed by atoms with Crippen LogP contribution in [-0.4, -0.2) is 54.6 Å². The third kappa shape index (κ3) is 5.44. The molecule has 7 nitrogen and oxygen atoms in total. The number of carbonyl (C=O) groups excluding carboxylic acids is 2. The van der Waals surface area contributed by atoms with Gasteiger partial charge in [0.05, 0.1) is 17.0 Å². The molecule has 2 amide bonds. The Kier molecular flexibility index (Phi) is 7.76. The number of benzene rings is 3. The number of anilines is 1. The van der Waals surface area contributed by atoms with Gasteiger partial charge in [-0.3, -0.25) is 14.5 Å². The van der Waals surface area contributed by atoms with Crippen LogP contribution >= 0.6 is 15.9 Å². The Morgan fingerprint density at radius 1 is 0.895 bits per heavy atom. The van der Waals surface area contributed by atoms with Gasteiger partial charge in [-0.2, -0.15) is 4.31 Å². The number of imide groups is 1. The van der Waals surface area contributed by atoms with Gasteiger partial charge in [-0.05, 0) is 66.9 Å². The van der Waals surface area contributed by atoms with Crippen molar-refractivity contribution in [3.8, 4) is 0 Å². The van der Waals surface area contributed by atoms with Crippen molar-refractivity contribution in [2.45, 2.75) is 42.8 Å². The van der Waals surface area contributed by atoms with Crippen LogP contribution < -0.4 is 4.90 Å². The first kappa shape index (κ1) is 26.7. The summed E-state index contributed by atoms with van der Waals surface area (Å²) in [6.07, 6.45) is 0.757. The van der Waals surface area contributed by atoms with Crippen LogP contribution in [0.4, 0.5) is 10.1 Å². The van der Waals surface area contributed by atoms with E-state index in [2.05, 4.69) is 33.0 Å². The Morgan fingerprint density at radius 3 is 2.16 bits per heavy atom. The normalized spacial score (nSPS) is 19.4. The van der Waals surface area contributed by atoms with Crippen LogP contribution in [0.1, 0.15) is 24.8 Å². The number of rotatable bonds is 7. The fourth-order valence-electron chi connectivity index (χ4n) is 5.20. The molecule has 10 heteroatoms. The van der Waals surface area contributed by atoms with Crippen LogP contribution in [-0.2, 0) is 26.2 Å². The third-order valence-electron chi connectivity index (χ3n) is 7.07. The molecule has 2 saturated heterocycles. The number of halogens is 2. The average Bonchev–Trinajstić information content (AvgIpc) is 3.19. The van der Waals surface area contributed by atoms with E-state index in [1.165, 1.54) is 22.0 Å². The largest absolute Gasteiger partial charge is 0.299 e. The molecule has 38 heavy (non-hydrogen) atoms. The number of hydrogen-bond donors (Lipinski definition) is 0. The number of nitrogens with zero attached hydrogens (tertiary/aromatic N) is 3. The van der Waals surface area contributed by atoms with Gasteiger partial charge >= 0.3 is 0 Å². The summed E-state index contributed by atoms with van der Waals surface area (Å²) >= 11 is 3.35. The first-order chi connectivity index (χ1) is 18.2. The van der Waals surface area contributed by atoms with Crippen molar-refractivity contribution >= 4 is 43.5 Å². The van der Waals surface area contributed by atoms with Crippen molar-refractivity contribution in [3.05, 3.63) is 94.7 Å². The van der Waals surface area contributed by atoms with Gasteiger partial charge < -0.3 is 0 Å². The molecule has 1 atom stereocenters. The molecule has 198 valence electrons. The first-order valence-electron chi connectivity index (χ1n) is 12.4. The molecule has 0 spiro atoms. The van der Waals surface area contributed by atoms with Crippen LogP contribution in [0.25, 0.3) is 0 Å². The van der Waals surface area contributed by atoms with Gasteiger partial charge in [0.25, 0.3) is 5.91 Å². The molecule has 2 fully saturated rings. The van der Waals surface area contributed by atoms with Crippen molar-refractivity contribution in [2.75, 3.05) is 18.0 Å². The Balaban J connectivity index is 1.43. The lowest BCUT2D eigenvalue weighted by Crippen LogP contribution is -2.53. The number of carbonyl (C=O) groups is 2. The number of likely N-dealkylation sites (tertiary alicyclic amines) is 1. The fraction of sp³-hybridized carbons (Fsp3) is 0.286. The maximum Gasteiger partial charge on any atom is 0.252 e. The summed E-state index contributed by atoms with van der Waals surface area (Å²) < 4.78 is 43.5. The number of hydrogen-bond acceptors (Lipinski definition) is 5. The highest BCUT2D eigenvalue weighted by molar-refractivity contribution is 9.10. The number of piperidine rings is 1. The smallest absolute Gasteiger partial charge is 0.252 e. The van der Waals surface area contributed by atoms with Gasteiger partial charge in [-0.15, -0.1) is 0 Å². The molecule has 1 unspecified atom stereocenters. The van der Waals surface area contributed by atoms with E-state index in [0.717, 1.165) is 28.1 Å². The van der Waals surface area contributed by atoms with Gasteiger partial charge in [0, 0.05) is 30.1 Å². The standard InChI is InChI=1S/C28H27BrFN3O4S/c29-21-6-10-23(11-7-21)32-27(34)18-26(28(32)35)33(38(36,37)25-12-8-22(30)9-13-25)24-14-16-31(17-15-24)19-20-4-2-1-3-5-20/h1-13,24,26H,14-19H2. The van der Waals surface area contributed by atoms with E-state index in [1.54, 1.807) is 24.3 Å². The minimum absolute atomic E-state index is 0.104. The van der Waals surface area contributed by atoms with Gasteiger partial charge in [0.1, 0.15) is 11.9 Å². The number of sulfonamides is 1. The van der Waals surface area contributed by atoms with Crippen molar-refractivity contribution < 1.29 is 22.4 Å². The molecule has 2 aliphatic heterocycles. The molecule has 0 saturated carbocycles. The van der Waals surface area contributed by atoms with E-state index in [1.807, 2.05) is 18.2 Å². The summed E-state index contributed by atoms with van der Waals surface area (Å²) in [6.45, 7) is 2.02. The summed E-state index contributed by atoms with van der Waals surface area (Å²) in [6, 6.07) is 19.7. The monoisotopic (exact) mass is 599 g/mol. The van der Waals surface area contributed by atoms with Crippen LogP contribution in [0, 0.1) is 5.82 Å². The highest BCUT2D eigenvalue weighted by atomic mass is 79.9. The van der Waals surface area contributed by atoms with E-state index in [9.17, 15) is 22.4 Å². The number of amides is 2. The maximum absolute atomic E-state index is 13.9. The Morgan fingerprint density at radius 2 is 1.53 bits per heavy atom. The third-order valence-corrected chi connectivity index (χ3v) is 9.57. The van der Waals surface area contributed by atoms with E-state index in [0.29, 0.717) is 31.6 Å². The van der Waals surface area contributed by atoms with E-state index in [-0.39, 0.29) is 11.3 Å². The van der Waals surface area contributed by atoms with Crippen LogP contribution in [0.5, 0.6) is 0 Å². The summed E-state index contributed by atoms with van der Waals surface area (Å²) in [5.41, 5.74) is 1.56. The molecule has 0 radical (unpaired) electrons. The zero-order valence-corrected chi connectivity index (χ0v) is 22.9. The summed E-state index contributed by atoms with van der Waals surface area (Å²) in [5.74, 6) is -1.59. The molecule has 2 heterocycles. The van der Waals surface area contributed by atoms with Crippen LogP contribution in [0.3, 0.4) is 0 Å². The quantitative estimate of drug-likeness (QED) is 0.372. The Hall–Kier alpha value is -2.92. The Labute approximate surface area is 230 Å².